The van der Waals surface area contributed by atoms with Crippen LogP contribution in [-0.4, -0.2) is 89.3 Å². The van der Waals surface area contributed by atoms with E-state index < -0.39 is 54.0 Å². The first-order valence-corrected chi connectivity index (χ1v) is 16.7. The van der Waals surface area contributed by atoms with E-state index in [1.54, 1.807) is 32.6 Å². The minimum absolute atomic E-state index is 0.0577. The predicted molar refractivity (Wildman–Crippen MR) is 177 cm³/mol. The summed E-state index contributed by atoms with van der Waals surface area (Å²) in [5, 5.41) is 6.04. The highest BCUT2D eigenvalue weighted by molar-refractivity contribution is 6.64. The lowest BCUT2D eigenvalue weighted by Gasteiger charge is -2.36. The molecule has 0 bridgehead atoms. The molecule has 2 aliphatic heterocycles. The van der Waals surface area contributed by atoms with Crippen LogP contribution in [0.1, 0.15) is 100 Å². The van der Waals surface area contributed by atoms with Gasteiger partial charge >= 0.3 is 13.2 Å². The molecular formula is C34H53BN4O7. The van der Waals surface area contributed by atoms with Crippen LogP contribution < -0.4 is 16.1 Å². The summed E-state index contributed by atoms with van der Waals surface area (Å²) in [6, 6.07) is 5.05. The monoisotopic (exact) mass is 640 g/mol. The van der Waals surface area contributed by atoms with E-state index in [4.69, 9.17) is 14.0 Å². The van der Waals surface area contributed by atoms with Gasteiger partial charge in [-0.2, -0.15) is 0 Å². The predicted octanol–water partition coefficient (Wildman–Crippen LogP) is 4.24. The van der Waals surface area contributed by atoms with Crippen LogP contribution in [0, 0.1) is 5.92 Å². The average Bonchev–Trinajstić information content (AvgIpc) is 3.56. The van der Waals surface area contributed by atoms with E-state index in [0.29, 0.717) is 30.5 Å². The molecule has 11 nitrogen and oxygen atoms in total. The van der Waals surface area contributed by atoms with E-state index >= 15 is 0 Å². The number of anilines is 1. The van der Waals surface area contributed by atoms with Crippen molar-refractivity contribution in [2.45, 2.75) is 135 Å². The zero-order valence-electron chi connectivity index (χ0n) is 29.1. The Bertz CT molecular complexity index is 1270. The molecule has 12 heteroatoms. The van der Waals surface area contributed by atoms with Crippen LogP contribution in [0.25, 0.3) is 0 Å². The molecule has 0 aromatic heterocycles. The Balaban J connectivity index is 1.50. The fourth-order valence-corrected chi connectivity index (χ4v) is 6.27. The van der Waals surface area contributed by atoms with Crippen molar-refractivity contribution in [2.75, 3.05) is 18.9 Å². The molecule has 254 valence electrons. The van der Waals surface area contributed by atoms with E-state index in [1.165, 1.54) is 11.9 Å². The normalized spacial score (nSPS) is 22.6. The van der Waals surface area contributed by atoms with Crippen LogP contribution in [0.15, 0.2) is 24.3 Å². The maximum absolute atomic E-state index is 14.3. The van der Waals surface area contributed by atoms with E-state index in [-0.39, 0.29) is 17.7 Å². The number of amides is 4. The second-order valence-electron chi connectivity index (χ2n) is 15.0. The number of likely N-dealkylation sites (N-methyl/N-ethyl adjacent to an activating group) is 1. The molecule has 1 aliphatic carbocycles. The Kier molecular flexibility index (Phi) is 10.8. The van der Waals surface area contributed by atoms with E-state index in [9.17, 15) is 19.2 Å². The van der Waals surface area contributed by atoms with E-state index in [2.05, 4.69) is 10.6 Å². The summed E-state index contributed by atoms with van der Waals surface area (Å²) in [5.41, 5.74) is -0.511. The second kappa shape index (κ2) is 13.9. The van der Waals surface area contributed by atoms with Crippen molar-refractivity contribution in [3.63, 3.8) is 0 Å². The molecule has 3 aliphatic rings. The first-order chi connectivity index (χ1) is 21.4. The third-order valence-corrected chi connectivity index (χ3v) is 9.89. The van der Waals surface area contributed by atoms with Gasteiger partial charge < -0.3 is 29.6 Å². The fourth-order valence-electron chi connectivity index (χ4n) is 6.27. The molecule has 3 atom stereocenters. The van der Waals surface area contributed by atoms with Gasteiger partial charge in [-0.05, 0) is 93.1 Å². The number of nitrogens with zero attached hydrogens (tertiary/aromatic N) is 2. The number of rotatable bonds is 8. The Hall–Kier alpha value is -3.12. The van der Waals surface area contributed by atoms with Crippen molar-refractivity contribution in [3.05, 3.63) is 24.3 Å². The van der Waals surface area contributed by atoms with Crippen molar-refractivity contribution >= 4 is 42.1 Å². The molecule has 0 spiro atoms. The molecule has 1 saturated carbocycles. The zero-order chi connectivity index (χ0) is 34.0. The van der Waals surface area contributed by atoms with Crippen LogP contribution in [0.5, 0.6) is 0 Å². The number of likely N-dealkylation sites (tertiary alicyclic amines) is 1. The number of nitrogens with one attached hydrogen (secondary N) is 2. The van der Waals surface area contributed by atoms with Crippen molar-refractivity contribution in [2.24, 2.45) is 5.92 Å². The molecule has 3 fully saturated rings. The first-order valence-electron chi connectivity index (χ1n) is 16.7. The van der Waals surface area contributed by atoms with Crippen molar-refractivity contribution < 1.29 is 33.2 Å². The third kappa shape index (κ3) is 8.05. The summed E-state index contributed by atoms with van der Waals surface area (Å²) in [7, 11) is 0.854. The highest BCUT2D eigenvalue weighted by Crippen LogP contribution is 2.37. The number of ether oxygens (including phenoxy) is 1. The number of hydrogen-bond donors (Lipinski definition) is 2. The molecular weight excluding hydrogens is 587 g/mol. The summed E-state index contributed by atoms with van der Waals surface area (Å²) in [6.45, 7) is 15.2. The molecule has 1 aromatic carbocycles. The number of para-hydroxylation sites is 1. The Labute approximate surface area is 274 Å². The van der Waals surface area contributed by atoms with Crippen LogP contribution in [0.4, 0.5) is 10.5 Å². The van der Waals surface area contributed by atoms with E-state index in [0.717, 1.165) is 32.1 Å². The van der Waals surface area contributed by atoms with Crippen LogP contribution in [-0.2, 0) is 28.4 Å². The van der Waals surface area contributed by atoms with E-state index in [1.807, 2.05) is 52.0 Å². The average molecular weight is 641 g/mol. The topological polar surface area (TPSA) is 127 Å². The molecule has 2 saturated heterocycles. The van der Waals surface area contributed by atoms with Gasteiger partial charge in [0.1, 0.15) is 23.7 Å². The number of carbonyl (C=O) groups excluding carboxylic acids is 4. The second-order valence-corrected chi connectivity index (χ2v) is 15.0. The zero-order valence-corrected chi connectivity index (χ0v) is 29.1. The minimum atomic E-state index is -0.863. The largest absolute Gasteiger partial charge is 0.496 e. The standard InChI is InChI=1S/C34H53BN4O7/c1-22(38(9)31(43)44-32(2,3)4)28(40)37-27(23-16-11-10-12-17-23)30(42)39-21-15-20-26(39)29(41)36-25-19-14-13-18-24(25)35-45-33(5,6)34(7,8)46-35/h13-14,18-19,22-23,26-27H,10-12,15-17,20-21H2,1-9H3,(H,36,41)(H,37,40). The Morgan fingerprint density at radius 1 is 0.978 bits per heavy atom. The Morgan fingerprint density at radius 3 is 2.20 bits per heavy atom. The van der Waals surface area contributed by atoms with Crippen LogP contribution in [0.2, 0.25) is 0 Å². The summed E-state index contributed by atoms with van der Waals surface area (Å²) in [5.74, 6) is -1.04. The lowest BCUT2D eigenvalue weighted by Crippen LogP contribution is -2.58. The molecule has 2 N–H and O–H groups in total. The fraction of sp³-hybridized carbons (Fsp3) is 0.706. The van der Waals surface area contributed by atoms with Crippen LogP contribution >= 0.6 is 0 Å². The maximum Gasteiger partial charge on any atom is 0.496 e. The number of benzene rings is 1. The maximum atomic E-state index is 14.3. The SMILES string of the molecule is CC(C(=O)NC(C(=O)N1CCCC1C(=O)Nc1ccccc1B1OC(C)(C)C(C)(C)O1)C1CCCCC1)N(C)C(=O)OC(C)(C)C. The molecule has 1 aromatic rings. The molecule has 0 radical (unpaired) electrons. The third-order valence-electron chi connectivity index (χ3n) is 9.89. The molecule has 46 heavy (non-hydrogen) atoms. The number of hydrogen-bond acceptors (Lipinski definition) is 7. The smallest absolute Gasteiger partial charge is 0.444 e. The van der Waals surface area contributed by atoms with Gasteiger partial charge in [-0.15, -0.1) is 0 Å². The van der Waals surface area contributed by atoms with Gasteiger partial charge in [-0.3, -0.25) is 19.3 Å². The minimum Gasteiger partial charge on any atom is -0.444 e. The Morgan fingerprint density at radius 2 is 1.59 bits per heavy atom. The molecule has 3 unspecified atom stereocenters. The van der Waals surface area contributed by atoms with Gasteiger partial charge in [0.15, 0.2) is 0 Å². The quantitative estimate of drug-likeness (QED) is 0.408. The van der Waals surface area contributed by atoms with Gasteiger partial charge in [-0.1, -0.05) is 37.5 Å². The van der Waals surface area contributed by atoms with Crippen molar-refractivity contribution in [1.29, 1.82) is 0 Å². The van der Waals surface area contributed by atoms with Crippen LogP contribution in [0.3, 0.4) is 0 Å². The number of carbonyl (C=O) groups is 4. The molecule has 4 amide bonds. The summed E-state index contributed by atoms with van der Waals surface area (Å²) < 4.78 is 18.0. The lowest BCUT2D eigenvalue weighted by molar-refractivity contribution is -0.142. The van der Waals surface area contributed by atoms with Crippen molar-refractivity contribution in [3.8, 4) is 0 Å². The van der Waals surface area contributed by atoms with Gasteiger partial charge in [0.2, 0.25) is 17.7 Å². The molecule has 4 rings (SSSR count). The highest BCUT2D eigenvalue weighted by Gasteiger charge is 2.52. The summed E-state index contributed by atoms with van der Waals surface area (Å²) >= 11 is 0. The highest BCUT2D eigenvalue weighted by atomic mass is 16.7. The molecule has 2 heterocycles. The van der Waals surface area contributed by atoms with Gasteiger partial charge in [0.25, 0.3) is 0 Å². The summed E-state index contributed by atoms with van der Waals surface area (Å²) in [6.07, 6.45) is 5.20. The summed E-state index contributed by atoms with van der Waals surface area (Å²) in [4.78, 5) is 57.1. The first kappa shape index (κ1) is 35.7. The van der Waals surface area contributed by atoms with Gasteiger partial charge in [0.05, 0.1) is 11.2 Å². The van der Waals surface area contributed by atoms with Gasteiger partial charge in [-0.25, -0.2) is 4.79 Å². The lowest BCUT2D eigenvalue weighted by atomic mass is 9.77. The van der Waals surface area contributed by atoms with Gasteiger partial charge in [0, 0.05) is 24.7 Å². The van der Waals surface area contributed by atoms with Crippen molar-refractivity contribution in [1.82, 2.24) is 15.1 Å².